The minimum absolute atomic E-state index is 0.00898. The second kappa shape index (κ2) is 5.42. The number of hydrogen-bond donors (Lipinski definition) is 1. The molecule has 1 rings (SSSR count). The zero-order valence-electron chi connectivity index (χ0n) is 8.56. The van der Waals surface area contributed by atoms with Crippen molar-refractivity contribution >= 4 is 11.6 Å². The van der Waals surface area contributed by atoms with Crippen LogP contribution in [0.25, 0.3) is 0 Å². The molecule has 0 aliphatic rings. The van der Waals surface area contributed by atoms with Gasteiger partial charge in [-0.2, -0.15) is 0 Å². The van der Waals surface area contributed by atoms with Crippen LogP contribution in [-0.4, -0.2) is 12.7 Å². The molecule has 0 spiro atoms. The van der Waals surface area contributed by atoms with E-state index >= 15 is 0 Å². The molecule has 4 heteroatoms. The third kappa shape index (κ3) is 3.43. The number of alkyl halides is 1. The fourth-order valence-electron chi connectivity index (χ4n) is 1.38. The summed E-state index contributed by atoms with van der Waals surface area (Å²) >= 11 is 5.67. The van der Waals surface area contributed by atoms with E-state index < -0.39 is 12.0 Å². The molecule has 0 saturated heterocycles. The maximum absolute atomic E-state index is 13.2. The van der Waals surface area contributed by atoms with Crippen LogP contribution in [-0.2, 0) is 6.42 Å². The second-order valence-corrected chi connectivity index (χ2v) is 3.96. The van der Waals surface area contributed by atoms with Gasteiger partial charge in [0.1, 0.15) is 12.0 Å². The summed E-state index contributed by atoms with van der Waals surface area (Å²) in [5.41, 5.74) is 6.58. The summed E-state index contributed by atoms with van der Waals surface area (Å²) in [6.07, 6.45) is -0.228. The molecular weight excluding hydrogens is 220 g/mol. The van der Waals surface area contributed by atoms with Crippen molar-refractivity contribution in [2.45, 2.75) is 25.9 Å². The van der Waals surface area contributed by atoms with Crippen LogP contribution in [0.5, 0.6) is 0 Å². The van der Waals surface area contributed by atoms with E-state index in [1.54, 1.807) is 13.0 Å². The van der Waals surface area contributed by atoms with Crippen LogP contribution in [0.3, 0.4) is 0 Å². The molecule has 0 fully saturated rings. The van der Waals surface area contributed by atoms with Gasteiger partial charge in [-0.15, -0.1) is 0 Å². The van der Waals surface area contributed by atoms with E-state index in [9.17, 15) is 8.78 Å². The molecule has 1 atom stereocenters. The van der Waals surface area contributed by atoms with Crippen molar-refractivity contribution in [2.75, 3.05) is 6.54 Å². The van der Waals surface area contributed by atoms with Crippen LogP contribution in [0.1, 0.15) is 17.5 Å². The smallest absolute Gasteiger partial charge is 0.142 e. The van der Waals surface area contributed by atoms with Crippen molar-refractivity contribution in [1.82, 2.24) is 0 Å². The quantitative estimate of drug-likeness (QED) is 0.850. The van der Waals surface area contributed by atoms with Crippen molar-refractivity contribution in [3.63, 3.8) is 0 Å². The van der Waals surface area contributed by atoms with Gasteiger partial charge in [-0.25, -0.2) is 8.78 Å². The highest BCUT2D eigenvalue weighted by molar-refractivity contribution is 6.31. The van der Waals surface area contributed by atoms with E-state index in [0.29, 0.717) is 18.4 Å². The Bertz CT molecular complexity index is 318. The molecule has 84 valence electrons. The third-order valence-corrected chi connectivity index (χ3v) is 2.75. The lowest BCUT2D eigenvalue weighted by atomic mass is 10.0. The van der Waals surface area contributed by atoms with Crippen molar-refractivity contribution in [3.8, 4) is 0 Å². The van der Waals surface area contributed by atoms with Crippen LogP contribution < -0.4 is 5.73 Å². The first-order valence-corrected chi connectivity index (χ1v) is 5.21. The average Bonchev–Trinajstić information content (AvgIpc) is 2.22. The Hall–Kier alpha value is -0.670. The summed E-state index contributed by atoms with van der Waals surface area (Å²) < 4.78 is 26.0. The van der Waals surface area contributed by atoms with Crippen molar-refractivity contribution in [3.05, 3.63) is 34.1 Å². The number of nitrogens with two attached hydrogens (primary N) is 1. The van der Waals surface area contributed by atoms with Gasteiger partial charge >= 0.3 is 0 Å². The lowest BCUT2D eigenvalue weighted by Crippen LogP contribution is -2.15. The largest absolute Gasteiger partial charge is 0.328 e. The predicted molar refractivity (Wildman–Crippen MR) is 58.4 cm³/mol. The molecule has 0 heterocycles. The van der Waals surface area contributed by atoms with Gasteiger partial charge in [0.15, 0.2) is 0 Å². The normalized spacial score (nSPS) is 12.9. The molecule has 0 aromatic heterocycles. The Morgan fingerprint density at radius 2 is 2.13 bits per heavy atom. The fraction of sp³-hybridized carbons (Fsp3) is 0.455. The summed E-state index contributed by atoms with van der Waals surface area (Å²) in [6.45, 7) is 1.74. The van der Waals surface area contributed by atoms with E-state index in [0.717, 1.165) is 5.56 Å². The third-order valence-electron chi connectivity index (χ3n) is 2.27. The first kappa shape index (κ1) is 12.4. The highest BCUT2D eigenvalue weighted by Gasteiger charge is 2.08. The molecule has 0 bridgehead atoms. The molecule has 1 aromatic rings. The minimum atomic E-state index is -1.02. The molecule has 0 amide bonds. The Balaban J connectivity index is 2.70. The maximum Gasteiger partial charge on any atom is 0.142 e. The Morgan fingerprint density at radius 3 is 2.67 bits per heavy atom. The lowest BCUT2D eigenvalue weighted by Gasteiger charge is -2.07. The summed E-state index contributed by atoms with van der Waals surface area (Å²) in [7, 11) is 0. The second-order valence-electron chi connectivity index (χ2n) is 3.58. The Labute approximate surface area is 93.2 Å². The molecular formula is C11H14ClF2N. The minimum Gasteiger partial charge on any atom is -0.328 e. The summed E-state index contributed by atoms with van der Waals surface area (Å²) in [5, 5.41) is 0.134. The highest BCUT2D eigenvalue weighted by Crippen LogP contribution is 2.22. The van der Waals surface area contributed by atoms with E-state index in [1.165, 1.54) is 6.07 Å². The SMILES string of the molecule is Cc1cc(CC[C@H](F)CN)cc(F)c1Cl. The van der Waals surface area contributed by atoms with E-state index in [-0.39, 0.29) is 11.6 Å². The molecule has 0 aliphatic carbocycles. The van der Waals surface area contributed by atoms with Gasteiger partial charge in [0.05, 0.1) is 5.02 Å². The first-order valence-electron chi connectivity index (χ1n) is 4.83. The molecule has 0 radical (unpaired) electrons. The molecule has 1 nitrogen and oxygen atoms in total. The topological polar surface area (TPSA) is 26.0 Å². The van der Waals surface area contributed by atoms with Gasteiger partial charge in [0.2, 0.25) is 0 Å². The number of benzene rings is 1. The summed E-state index contributed by atoms with van der Waals surface area (Å²) in [4.78, 5) is 0. The number of hydrogen-bond acceptors (Lipinski definition) is 1. The van der Waals surface area contributed by atoms with E-state index in [2.05, 4.69) is 0 Å². The van der Waals surface area contributed by atoms with E-state index in [1.807, 2.05) is 0 Å². The molecule has 1 aromatic carbocycles. The summed E-state index contributed by atoms with van der Waals surface area (Å²) in [5.74, 6) is -0.449. The number of aryl methyl sites for hydroxylation is 2. The fourth-order valence-corrected chi connectivity index (χ4v) is 1.49. The standard InChI is InChI=1S/C11H14ClF2N/c1-7-4-8(2-3-9(13)6-15)5-10(14)11(7)12/h4-5,9H,2-3,6,15H2,1H3/t9-/m0/s1. The maximum atomic E-state index is 13.2. The lowest BCUT2D eigenvalue weighted by molar-refractivity contribution is 0.322. The molecule has 0 aliphatic heterocycles. The highest BCUT2D eigenvalue weighted by atomic mass is 35.5. The van der Waals surface area contributed by atoms with Crippen LogP contribution in [0.4, 0.5) is 8.78 Å². The van der Waals surface area contributed by atoms with Crippen LogP contribution in [0, 0.1) is 12.7 Å². The van der Waals surface area contributed by atoms with Crippen molar-refractivity contribution in [2.24, 2.45) is 5.73 Å². The Morgan fingerprint density at radius 1 is 1.47 bits per heavy atom. The van der Waals surface area contributed by atoms with Gasteiger partial charge < -0.3 is 5.73 Å². The van der Waals surface area contributed by atoms with Crippen LogP contribution in [0.2, 0.25) is 5.02 Å². The molecule has 0 unspecified atom stereocenters. The molecule has 0 saturated carbocycles. The Kier molecular flexibility index (Phi) is 4.48. The van der Waals surface area contributed by atoms with E-state index in [4.69, 9.17) is 17.3 Å². The van der Waals surface area contributed by atoms with Gasteiger partial charge in [0, 0.05) is 6.54 Å². The van der Waals surface area contributed by atoms with Gasteiger partial charge in [-0.05, 0) is 37.0 Å². The van der Waals surface area contributed by atoms with Gasteiger partial charge in [-0.3, -0.25) is 0 Å². The molecule has 2 N–H and O–H groups in total. The number of halogens is 3. The predicted octanol–water partition coefficient (Wildman–Crippen LogP) is 3.02. The molecule has 15 heavy (non-hydrogen) atoms. The first-order chi connectivity index (χ1) is 7.04. The van der Waals surface area contributed by atoms with Crippen molar-refractivity contribution < 1.29 is 8.78 Å². The van der Waals surface area contributed by atoms with Gasteiger partial charge in [0.25, 0.3) is 0 Å². The van der Waals surface area contributed by atoms with Crippen LogP contribution >= 0.6 is 11.6 Å². The zero-order chi connectivity index (χ0) is 11.4. The van der Waals surface area contributed by atoms with Crippen LogP contribution in [0.15, 0.2) is 12.1 Å². The monoisotopic (exact) mass is 233 g/mol. The van der Waals surface area contributed by atoms with Gasteiger partial charge in [-0.1, -0.05) is 17.7 Å². The number of rotatable bonds is 4. The summed E-state index contributed by atoms with van der Waals surface area (Å²) in [6, 6.07) is 3.12. The van der Waals surface area contributed by atoms with Crippen molar-refractivity contribution in [1.29, 1.82) is 0 Å². The average molecular weight is 234 g/mol. The zero-order valence-corrected chi connectivity index (χ0v) is 9.32.